The van der Waals surface area contributed by atoms with Crippen LogP contribution in [0.25, 0.3) is 0 Å². The second-order valence-electron chi connectivity index (χ2n) is 5.00. The third-order valence-corrected chi connectivity index (χ3v) is 2.27. The van der Waals surface area contributed by atoms with E-state index in [4.69, 9.17) is 49.7 Å². The first-order chi connectivity index (χ1) is 8.92. The lowest BCUT2D eigenvalue weighted by Gasteiger charge is -2.21. The monoisotopic (exact) mass is 344 g/mol. The predicted molar refractivity (Wildman–Crippen MR) is 81.9 cm³/mol. The Morgan fingerprint density at radius 3 is 2.35 bits per heavy atom. The smallest absolute Gasteiger partial charge is 0.408 e. The molecule has 0 aliphatic rings. The van der Waals surface area contributed by atoms with E-state index in [1.807, 2.05) is 0 Å². The fourth-order valence-electron chi connectivity index (χ4n) is 1.01. The normalized spacial score (nSPS) is 13.9. The third-order valence-electron chi connectivity index (χ3n) is 1.75. The highest BCUT2D eigenvalue weighted by Crippen LogP contribution is 2.27. The van der Waals surface area contributed by atoms with E-state index in [1.165, 1.54) is 0 Å². The average Bonchev–Trinajstić information content (AvgIpc) is 2.19. The van der Waals surface area contributed by atoms with Crippen molar-refractivity contribution in [1.82, 2.24) is 5.32 Å². The summed E-state index contributed by atoms with van der Waals surface area (Å²) in [6, 6.07) is -0.254. The Balaban J connectivity index is 4.04. The minimum absolute atomic E-state index is 0.0626. The van der Waals surface area contributed by atoms with Crippen molar-refractivity contribution in [3.05, 3.63) is 12.2 Å². The van der Waals surface area contributed by atoms with E-state index < -0.39 is 21.4 Å². The van der Waals surface area contributed by atoms with Gasteiger partial charge in [-0.1, -0.05) is 40.9 Å². The van der Waals surface area contributed by atoms with Crippen LogP contribution in [0.4, 0.5) is 4.79 Å². The van der Waals surface area contributed by atoms with Crippen LogP contribution < -0.4 is 5.32 Å². The number of alkyl halides is 3. The fourth-order valence-corrected chi connectivity index (χ4v) is 1.18. The Morgan fingerprint density at radius 2 is 1.90 bits per heavy atom. The summed E-state index contributed by atoms with van der Waals surface area (Å²) >= 11 is 16.3. The highest BCUT2D eigenvalue weighted by atomic mass is 35.6. The van der Waals surface area contributed by atoms with E-state index in [0.717, 1.165) is 0 Å². The van der Waals surface area contributed by atoms with E-state index >= 15 is 0 Å². The van der Waals surface area contributed by atoms with E-state index in [0.29, 0.717) is 0 Å². The molecule has 0 rings (SSSR count). The minimum atomic E-state index is -1.87. The highest BCUT2D eigenvalue weighted by molar-refractivity contribution is 6.76. The average molecular weight is 346 g/mol. The number of halogens is 3. The molecule has 5 nitrogen and oxygen atoms in total. The zero-order valence-electron chi connectivity index (χ0n) is 11.8. The van der Waals surface area contributed by atoms with E-state index in [1.54, 1.807) is 39.8 Å². The molecule has 1 atom stereocenters. The summed E-state index contributed by atoms with van der Waals surface area (Å²) in [5.41, 5.74) is -0.546. The van der Waals surface area contributed by atoms with Crippen molar-refractivity contribution in [1.29, 1.82) is 5.41 Å². The zero-order valence-corrected chi connectivity index (χ0v) is 14.1. The molecule has 0 radical (unpaired) electrons. The van der Waals surface area contributed by atoms with Gasteiger partial charge in [-0.2, -0.15) is 0 Å². The van der Waals surface area contributed by atoms with Gasteiger partial charge in [0.2, 0.25) is 5.90 Å². The van der Waals surface area contributed by atoms with Gasteiger partial charge in [-0.05, 0) is 33.8 Å². The van der Waals surface area contributed by atoms with Crippen molar-refractivity contribution in [2.75, 3.05) is 6.61 Å². The molecule has 0 aromatic rings. The van der Waals surface area contributed by atoms with Gasteiger partial charge in [-0.15, -0.1) is 0 Å². The molecule has 0 bridgehead atoms. The summed E-state index contributed by atoms with van der Waals surface area (Å²) in [4.78, 5) is 11.5. The summed E-state index contributed by atoms with van der Waals surface area (Å²) in [7, 11) is 0. The molecule has 2 N–H and O–H groups in total. The molecule has 0 saturated carbocycles. The summed E-state index contributed by atoms with van der Waals surface area (Å²) in [5.74, 6) is -0.458. The van der Waals surface area contributed by atoms with Crippen LogP contribution in [0.1, 0.15) is 27.7 Å². The quantitative estimate of drug-likeness (QED) is 0.352. The molecular formula is C12H19Cl3N2O3. The molecule has 116 valence electrons. The van der Waals surface area contributed by atoms with Gasteiger partial charge in [0.05, 0.1) is 0 Å². The Kier molecular flexibility index (Phi) is 7.70. The van der Waals surface area contributed by atoms with Gasteiger partial charge in [-0.3, -0.25) is 5.41 Å². The Morgan fingerprint density at radius 1 is 1.35 bits per heavy atom. The van der Waals surface area contributed by atoms with Crippen LogP contribution in [-0.4, -0.2) is 34.0 Å². The van der Waals surface area contributed by atoms with E-state index in [-0.39, 0.29) is 12.6 Å². The predicted octanol–water partition coefficient (Wildman–Crippen LogP) is 3.82. The van der Waals surface area contributed by atoms with Crippen molar-refractivity contribution in [3.8, 4) is 0 Å². The van der Waals surface area contributed by atoms with Crippen LogP contribution in [0.15, 0.2) is 12.2 Å². The fraction of sp³-hybridized carbons (Fsp3) is 0.667. The molecule has 0 aromatic heterocycles. The molecule has 1 amide bonds. The molecular weight excluding hydrogens is 327 g/mol. The largest absolute Gasteiger partial charge is 0.474 e. The van der Waals surface area contributed by atoms with Gasteiger partial charge in [-0.25, -0.2) is 4.79 Å². The van der Waals surface area contributed by atoms with Gasteiger partial charge < -0.3 is 14.8 Å². The van der Waals surface area contributed by atoms with Gasteiger partial charge in [0.25, 0.3) is 3.79 Å². The second-order valence-corrected chi connectivity index (χ2v) is 7.28. The van der Waals surface area contributed by atoms with Gasteiger partial charge in [0.15, 0.2) is 0 Å². The molecule has 8 heteroatoms. The minimum Gasteiger partial charge on any atom is -0.474 e. The third kappa shape index (κ3) is 10.2. The van der Waals surface area contributed by atoms with Gasteiger partial charge in [0.1, 0.15) is 12.2 Å². The summed E-state index contributed by atoms with van der Waals surface area (Å²) in [6.07, 6.45) is 2.77. The number of alkyl carbamates (subject to hydrolysis) is 1. The lowest BCUT2D eigenvalue weighted by atomic mass is 10.2. The first-order valence-corrected chi connectivity index (χ1v) is 7.00. The molecule has 0 fully saturated rings. The zero-order chi connectivity index (χ0) is 16.0. The number of carbonyl (C=O) groups is 1. The maximum Gasteiger partial charge on any atom is 0.408 e. The first-order valence-electron chi connectivity index (χ1n) is 5.86. The number of carbonyl (C=O) groups excluding carboxylic acids is 1. The molecule has 20 heavy (non-hydrogen) atoms. The molecule has 0 heterocycles. The van der Waals surface area contributed by atoms with Crippen LogP contribution in [0, 0.1) is 5.41 Å². The SMILES string of the molecule is C[C@@H](/C=C/COC(=N)C(Cl)(Cl)Cl)NC(=O)OC(C)(C)C. The van der Waals surface area contributed by atoms with Crippen molar-refractivity contribution in [2.45, 2.75) is 43.1 Å². The van der Waals surface area contributed by atoms with Crippen LogP contribution in [0.5, 0.6) is 0 Å². The van der Waals surface area contributed by atoms with Crippen LogP contribution >= 0.6 is 34.8 Å². The van der Waals surface area contributed by atoms with Gasteiger partial charge in [0, 0.05) is 6.04 Å². The number of amides is 1. The second kappa shape index (κ2) is 7.96. The van der Waals surface area contributed by atoms with Crippen molar-refractivity contribution in [2.24, 2.45) is 0 Å². The molecule has 0 aromatic carbocycles. The Hall–Kier alpha value is -0.650. The topological polar surface area (TPSA) is 71.4 Å². The van der Waals surface area contributed by atoms with E-state index in [9.17, 15) is 4.79 Å². The summed E-state index contributed by atoms with van der Waals surface area (Å²) in [6.45, 7) is 7.17. The lowest BCUT2D eigenvalue weighted by Crippen LogP contribution is -2.36. The molecule has 0 aliphatic carbocycles. The highest BCUT2D eigenvalue weighted by Gasteiger charge is 2.28. The summed E-state index contributed by atoms with van der Waals surface area (Å²) < 4.78 is 8.13. The number of hydrogen-bond donors (Lipinski definition) is 2. The van der Waals surface area contributed by atoms with Crippen LogP contribution in [0.2, 0.25) is 0 Å². The number of rotatable bonds is 4. The number of nitrogens with one attached hydrogen (secondary N) is 2. The van der Waals surface area contributed by atoms with Crippen LogP contribution in [0.3, 0.4) is 0 Å². The summed E-state index contributed by atoms with van der Waals surface area (Å²) in [5, 5.41) is 9.92. The van der Waals surface area contributed by atoms with Crippen molar-refractivity contribution in [3.63, 3.8) is 0 Å². The van der Waals surface area contributed by atoms with Crippen molar-refractivity contribution < 1.29 is 14.3 Å². The maximum absolute atomic E-state index is 11.5. The van der Waals surface area contributed by atoms with Crippen molar-refractivity contribution >= 4 is 46.8 Å². The number of hydrogen-bond acceptors (Lipinski definition) is 4. The standard InChI is InChI=1S/C12H19Cl3N2O3/c1-8(17-10(18)20-11(2,3)4)6-5-7-19-9(16)12(13,14)15/h5-6,8,16H,7H2,1-4H3,(H,17,18)/b6-5+,16-9?/t8-/m0/s1. The van der Waals surface area contributed by atoms with E-state index in [2.05, 4.69) is 5.32 Å². The number of ether oxygens (including phenoxy) is 2. The molecule has 0 aliphatic heterocycles. The lowest BCUT2D eigenvalue weighted by molar-refractivity contribution is 0.0518. The van der Waals surface area contributed by atoms with Gasteiger partial charge >= 0.3 is 6.09 Å². The van der Waals surface area contributed by atoms with Crippen LogP contribution in [-0.2, 0) is 9.47 Å². The molecule has 0 unspecified atom stereocenters. The first kappa shape index (κ1) is 19.4. The molecule has 0 saturated heterocycles. The Labute approximate surface area is 134 Å². The Bertz CT molecular complexity index is 373. The maximum atomic E-state index is 11.5. The molecule has 0 spiro atoms.